The first-order chi connectivity index (χ1) is 34.8. The Kier molecular flexibility index (Phi) is 10.2. The van der Waals surface area contributed by atoms with Crippen molar-refractivity contribution < 1.29 is 0 Å². The first-order valence-electron chi connectivity index (χ1n) is 24.1. The standard InChI is InChI=1S/C68H46N2/c1-3-21-47(22-4-1)54-28-9-10-30-57(54)59-32-12-13-33-60(59)62-35-15-17-38-65(62)69(52-43-41-48(42-44-52)64-46-50-23-7-8-29-55(50)58-31-11-14-34-61(58)64)53-27-19-24-49(45-53)56-37-20-40-67-68(56)63-36-16-18-39-66(63)70(67)51-25-5-2-6-26-51/h1-46H. The third kappa shape index (κ3) is 7.05. The van der Waals surface area contributed by atoms with Gasteiger partial charge in [0.25, 0.3) is 0 Å². The summed E-state index contributed by atoms with van der Waals surface area (Å²) < 4.78 is 2.40. The van der Waals surface area contributed by atoms with Crippen LogP contribution < -0.4 is 4.90 Å². The van der Waals surface area contributed by atoms with Gasteiger partial charge >= 0.3 is 0 Å². The number of fused-ring (bicyclic) bond motifs is 6. The van der Waals surface area contributed by atoms with Gasteiger partial charge in [0.2, 0.25) is 0 Å². The van der Waals surface area contributed by atoms with E-state index >= 15 is 0 Å². The van der Waals surface area contributed by atoms with Gasteiger partial charge in [0, 0.05) is 33.4 Å². The molecule has 0 fully saturated rings. The molecule has 1 aromatic heterocycles. The van der Waals surface area contributed by atoms with Gasteiger partial charge in [-0.3, -0.25) is 0 Å². The van der Waals surface area contributed by atoms with E-state index in [1.165, 1.54) is 87.9 Å². The zero-order valence-corrected chi connectivity index (χ0v) is 38.5. The summed E-state index contributed by atoms with van der Waals surface area (Å²) in [7, 11) is 0. The molecule has 0 aliphatic rings. The van der Waals surface area contributed by atoms with E-state index in [1.54, 1.807) is 0 Å². The van der Waals surface area contributed by atoms with E-state index in [4.69, 9.17) is 0 Å². The van der Waals surface area contributed by atoms with Crippen molar-refractivity contribution in [2.45, 2.75) is 0 Å². The number of benzene rings is 12. The van der Waals surface area contributed by atoms with Crippen LogP contribution >= 0.6 is 0 Å². The normalized spacial score (nSPS) is 11.4. The minimum Gasteiger partial charge on any atom is -0.310 e. The highest BCUT2D eigenvalue weighted by Gasteiger charge is 2.22. The van der Waals surface area contributed by atoms with Gasteiger partial charge < -0.3 is 9.47 Å². The van der Waals surface area contributed by atoms with Crippen molar-refractivity contribution in [1.29, 1.82) is 0 Å². The van der Waals surface area contributed by atoms with Crippen LogP contribution in [0.25, 0.3) is 105 Å². The smallest absolute Gasteiger partial charge is 0.0547 e. The van der Waals surface area contributed by atoms with Gasteiger partial charge in [-0.1, -0.05) is 218 Å². The first kappa shape index (κ1) is 41.0. The highest BCUT2D eigenvalue weighted by Crippen LogP contribution is 2.47. The van der Waals surface area contributed by atoms with Crippen LogP contribution in [0.15, 0.2) is 279 Å². The lowest BCUT2D eigenvalue weighted by molar-refractivity contribution is 1.18. The van der Waals surface area contributed by atoms with Crippen LogP contribution in [0.4, 0.5) is 17.1 Å². The highest BCUT2D eigenvalue weighted by molar-refractivity contribution is 6.16. The minimum absolute atomic E-state index is 1.07. The fourth-order valence-corrected chi connectivity index (χ4v) is 10.9. The van der Waals surface area contributed by atoms with E-state index < -0.39 is 0 Å². The van der Waals surface area contributed by atoms with Gasteiger partial charge in [-0.05, 0) is 132 Å². The number of para-hydroxylation sites is 3. The molecule has 0 N–H and O–H groups in total. The molecule has 0 bridgehead atoms. The number of rotatable bonds is 9. The quantitative estimate of drug-likeness (QED) is 0.131. The molecule has 328 valence electrons. The topological polar surface area (TPSA) is 8.17 Å². The maximum Gasteiger partial charge on any atom is 0.0547 e. The Balaban J connectivity index is 1.01. The summed E-state index contributed by atoms with van der Waals surface area (Å²) in [5.41, 5.74) is 18.6. The molecule has 1 heterocycles. The molecule has 70 heavy (non-hydrogen) atoms. The van der Waals surface area contributed by atoms with Crippen LogP contribution in [0, 0.1) is 0 Å². The molecule has 2 nitrogen and oxygen atoms in total. The van der Waals surface area contributed by atoms with E-state index in [-0.39, 0.29) is 0 Å². The van der Waals surface area contributed by atoms with E-state index in [2.05, 4.69) is 289 Å². The Morgan fingerprint density at radius 1 is 0.257 bits per heavy atom. The monoisotopic (exact) mass is 890 g/mol. The predicted molar refractivity (Wildman–Crippen MR) is 298 cm³/mol. The molecule has 0 saturated heterocycles. The maximum absolute atomic E-state index is 2.45. The lowest BCUT2D eigenvalue weighted by Crippen LogP contribution is -2.11. The van der Waals surface area contributed by atoms with Crippen LogP contribution in [-0.4, -0.2) is 4.57 Å². The number of hydrogen-bond donors (Lipinski definition) is 0. The van der Waals surface area contributed by atoms with Crippen LogP contribution in [0.3, 0.4) is 0 Å². The maximum atomic E-state index is 2.45. The third-order valence-corrected chi connectivity index (χ3v) is 14.0. The number of hydrogen-bond acceptors (Lipinski definition) is 1. The molecule has 0 amide bonds. The third-order valence-electron chi connectivity index (χ3n) is 14.0. The average Bonchev–Trinajstić information content (AvgIpc) is 3.78. The van der Waals surface area contributed by atoms with Gasteiger partial charge in [0.1, 0.15) is 0 Å². The molecule has 13 aromatic rings. The molecule has 0 saturated carbocycles. The summed E-state index contributed by atoms with van der Waals surface area (Å²) in [5.74, 6) is 0. The second-order valence-corrected chi connectivity index (χ2v) is 18.0. The van der Waals surface area contributed by atoms with Crippen LogP contribution in [0.1, 0.15) is 0 Å². The number of anilines is 3. The van der Waals surface area contributed by atoms with Gasteiger partial charge in [-0.25, -0.2) is 0 Å². The molecule has 0 aliphatic carbocycles. The van der Waals surface area contributed by atoms with Crippen LogP contribution in [0.5, 0.6) is 0 Å². The van der Waals surface area contributed by atoms with Crippen molar-refractivity contribution in [2.24, 2.45) is 0 Å². The summed E-state index contributed by atoms with van der Waals surface area (Å²) >= 11 is 0. The average molecular weight is 891 g/mol. The van der Waals surface area contributed by atoms with E-state index in [0.717, 1.165) is 33.9 Å². The molecule has 12 aromatic carbocycles. The molecular weight excluding hydrogens is 845 g/mol. The minimum atomic E-state index is 1.07. The van der Waals surface area contributed by atoms with Crippen molar-refractivity contribution in [1.82, 2.24) is 4.57 Å². The molecule has 13 rings (SSSR count). The molecular formula is C68H46N2. The van der Waals surface area contributed by atoms with Crippen molar-refractivity contribution >= 4 is 60.4 Å². The molecule has 2 heteroatoms. The Hall–Kier alpha value is -9.24. The molecule has 0 radical (unpaired) electrons. The SMILES string of the molecule is c1ccc(-c2ccccc2-c2ccccc2-c2ccccc2N(c2ccc(-c3cc4ccccc4c4ccccc34)cc2)c2cccc(-c3cccc4c3c3ccccc3n4-c3ccccc3)c2)cc1. The molecule has 0 atom stereocenters. The van der Waals surface area contributed by atoms with Crippen molar-refractivity contribution in [3.8, 4) is 61.3 Å². The summed E-state index contributed by atoms with van der Waals surface area (Å²) in [6.07, 6.45) is 0. The van der Waals surface area contributed by atoms with Gasteiger partial charge in [-0.15, -0.1) is 0 Å². The molecule has 0 unspecified atom stereocenters. The van der Waals surface area contributed by atoms with Gasteiger partial charge in [-0.2, -0.15) is 0 Å². The highest BCUT2D eigenvalue weighted by atomic mass is 15.1. The summed E-state index contributed by atoms with van der Waals surface area (Å²) in [5, 5.41) is 7.49. The van der Waals surface area contributed by atoms with Crippen LogP contribution in [0.2, 0.25) is 0 Å². The Morgan fingerprint density at radius 2 is 0.771 bits per heavy atom. The molecule has 0 aliphatic heterocycles. The summed E-state index contributed by atoms with van der Waals surface area (Å²) in [6.45, 7) is 0. The summed E-state index contributed by atoms with van der Waals surface area (Å²) in [6, 6.07) is 102. The Labute approximate surface area is 408 Å². The van der Waals surface area contributed by atoms with Gasteiger partial charge in [0.05, 0.1) is 16.7 Å². The fourth-order valence-electron chi connectivity index (χ4n) is 10.9. The van der Waals surface area contributed by atoms with Gasteiger partial charge in [0.15, 0.2) is 0 Å². The second-order valence-electron chi connectivity index (χ2n) is 18.0. The Bertz CT molecular complexity index is 4050. The Morgan fingerprint density at radius 3 is 1.54 bits per heavy atom. The number of aromatic nitrogens is 1. The van der Waals surface area contributed by atoms with E-state index in [0.29, 0.717) is 0 Å². The summed E-state index contributed by atoms with van der Waals surface area (Å²) in [4.78, 5) is 2.45. The zero-order valence-electron chi connectivity index (χ0n) is 38.5. The lowest BCUT2D eigenvalue weighted by atomic mass is 9.88. The molecule has 0 spiro atoms. The predicted octanol–water partition coefficient (Wildman–Crippen LogP) is 18.9. The van der Waals surface area contributed by atoms with E-state index in [9.17, 15) is 0 Å². The van der Waals surface area contributed by atoms with E-state index in [1.807, 2.05) is 0 Å². The largest absolute Gasteiger partial charge is 0.310 e. The lowest BCUT2D eigenvalue weighted by Gasteiger charge is -2.29. The number of nitrogens with zero attached hydrogens (tertiary/aromatic N) is 2. The van der Waals surface area contributed by atoms with Crippen LogP contribution in [-0.2, 0) is 0 Å². The van der Waals surface area contributed by atoms with Crippen molar-refractivity contribution in [2.75, 3.05) is 4.90 Å². The fraction of sp³-hybridized carbons (Fsp3) is 0. The zero-order chi connectivity index (χ0) is 46.4. The first-order valence-corrected chi connectivity index (χ1v) is 24.1. The second kappa shape index (κ2) is 17.4. The van der Waals surface area contributed by atoms with Crippen molar-refractivity contribution in [3.05, 3.63) is 279 Å². The van der Waals surface area contributed by atoms with Crippen molar-refractivity contribution in [3.63, 3.8) is 0 Å².